The Labute approximate surface area is 158 Å². The molecule has 0 unspecified atom stereocenters. The van der Waals surface area contributed by atoms with E-state index in [0.717, 1.165) is 16.8 Å². The first-order valence-electron chi connectivity index (χ1n) is 8.11. The molecule has 0 atom stereocenters. The summed E-state index contributed by atoms with van der Waals surface area (Å²) in [7, 11) is 0. The zero-order valence-electron chi connectivity index (χ0n) is 14.0. The smallest absolute Gasteiger partial charge is 0.275 e. The summed E-state index contributed by atoms with van der Waals surface area (Å²) in [6, 6.07) is 13.8. The van der Waals surface area contributed by atoms with Gasteiger partial charge in [0.2, 0.25) is 0 Å². The lowest BCUT2D eigenvalue weighted by molar-refractivity contribution is -0.115. The molecule has 0 bridgehead atoms. The second kappa shape index (κ2) is 7.55. The topological polar surface area (TPSA) is 72.2 Å². The predicted molar refractivity (Wildman–Crippen MR) is 103 cm³/mol. The van der Waals surface area contributed by atoms with Gasteiger partial charge in [0.15, 0.2) is 5.17 Å². The molecule has 134 valence electrons. The Kier molecular flexibility index (Phi) is 4.80. The monoisotopic (exact) mass is 379 g/mol. The van der Waals surface area contributed by atoms with E-state index < -0.39 is 0 Å². The highest BCUT2D eigenvalue weighted by atomic mass is 32.2. The predicted octanol–water partition coefficient (Wildman–Crippen LogP) is 3.17. The summed E-state index contributed by atoms with van der Waals surface area (Å²) in [6.45, 7) is 0. The molecule has 2 heterocycles. The lowest BCUT2D eigenvalue weighted by atomic mass is 10.2. The Morgan fingerprint density at radius 3 is 2.59 bits per heavy atom. The van der Waals surface area contributed by atoms with E-state index >= 15 is 0 Å². The second-order valence-corrected chi connectivity index (χ2v) is 6.71. The van der Waals surface area contributed by atoms with Crippen molar-refractivity contribution in [3.8, 4) is 5.69 Å². The van der Waals surface area contributed by atoms with Crippen LogP contribution >= 0.6 is 11.8 Å². The number of thioether (sulfide) groups is 1. The van der Waals surface area contributed by atoms with Gasteiger partial charge in [-0.2, -0.15) is 5.10 Å². The molecule has 2 aromatic carbocycles. The average Bonchev–Trinajstić information content (AvgIpc) is 3.33. The molecule has 1 N–H and O–H groups in total. The number of amidine groups is 1. The number of halogens is 1. The van der Waals surface area contributed by atoms with Crippen molar-refractivity contribution in [2.45, 2.75) is 5.75 Å². The van der Waals surface area contributed by atoms with E-state index in [2.05, 4.69) is 20.4 Å². The standard InChI is InChI=1S/C19H14FN5OS/c20-15-5-1-14(2-6-15)10-27-19-23-17(18(26)24-19)9-13-3-7-16(8-4-13)25-12-21-11-22-25/h1-9,11-12H,10H2,(H,23,24,26). The van der Waals surface area contributed by atoms with Crippen molar-refractivity contribution in [1.82, 2.24) is 20.1 Å². The van der Waals surface area contributed by atoms with Gasteiger partial charge in [-0.1, -0.05) is 36.0 Å². The van der Waals surface area contributed by atoms with Gasteiger partial charge in [-0.15, -0.1) is 0 Å². The average molecular weight is 379 g/mol. The molecule has 1 aliphatic heterocycles. The third kappa shape index (κ3) is 4.12. The molecular formula is C19H14FN5OS. The van der Waals surface area contributed by atoms with Gasteiger partial charge in [0.05, 0.1) is 5.69 Å². The minimum atomic E-state index is -0.268. The molecule has 0 fully saturated rings. The third-order valence-corrected chi connectivity index (χ3v) is 4.79. The number of rotatable bonds is 4. The van der Waals surface area contributed by atoms with Crippen LogP contribution in [0.3, 0.4) is 0 Å². The van der Waals surface area contributed by atoms with Gasteiger partial charge in [-0.25, -0.2) is 19.0 Å². The first kappa shape index (κ1) is 17.2. The number of hydrogen-bond acceptors (Lipinski definition) is 5. The molecule has 0 radical (unpaired) electrons. The van der Waals surface area contributed by atoms with Crippen molar-refractivity contribution < 1.29 is 9.18 Å². The lowest BCUT2D eigenvalue weighted by Crippen LogP contribution is -2.21. The molecule has 1 aromatic heterocycles. The van der Waals surface area contributed by atoms with E-state index in [1.54, 1.807) is 29.2 Å². The van der Waals surface area contributed by atoms with E-state index in [4.69, 9.17) is 0 Å². The van der Waals surface area contributed by atoms with Crippen LogP contribution < -0.4 is 5.32 Å². The minimum absolute atomic E-state index is 0.239. The molecule has 1 amide bonds. The number of aromatic nitrogens is 3. The van der Waals surface area contributed by atoms with Gasteiger partial charge in [-0.3, -0.25) is 10.1 Å². The van der Waals surface area contributed by atoms with E-state index in [1.165, 1.54) is 30.2 Å². The van der Waals surface area contributed by atoms with Crippen LogP contribution in [0, 0.1) is 5.82 Å². The van der Waals surface area contributed by atoms with Crippen molar-refractivity contribution in [2.24, 2.45) is 4.99 Å². The zero-order chi connectivity index (χ0) is 18.6. The first-order valence-corrected chi connectivity index (χ1v) is 9.10. The number of hydrogen-bond donors (Lipinski definition) is 1. The number of benzene rings is 2. The van der Waals surface area contributed by atoms with Crippen molar-refractivity contribution in [3.63, 3.8) is 0 Å². The molecule has 0 saturated carbocycles. The number of amides is 1. The van der Waals surface area contributed by atoms with Crippen molar-refractivity contribution in [1.29, 1.82) is 0 Å². The molecule has 3 aromatic rings. The summed E-state index contributed by atoms with van der Waals surface area (Å²) in [4.78, 5) is 20.4. The molecule has 8 heteroatoms. The van der Waals surface area contributed by atoms with E-state index in [9.17, 15) is 9.18 Å². The normalized spacial score (nSPS) is 15.1. The Morgan fingerprint density at radius 1 is 1.11 bits per heavy atom. The number of carbonyl (C=O) groups excluding carboxylic acids is 1. The SMILES string of the molecule is O=C1NC(SCc2ccc(F)cc2)=NC1=Cc1ccc(-n2cncn2)cc1. The molecule has 0 spiro atoms. The number of carbonyl (C=O) groups is 1. The maximum absolute atomic E-state index is 12.9. The van der Waals surface area contributed by atoms with E-state index in [1.807, 2.05) is 24.3 Å². The summed E-state index contributed by atoms with van der Waals surface area (Å²) < 4.78 is 14.6. The number of nitrogens with zero attached hydrogens (tertiary/aromatic N) is 4. The van der Waals surface area contributed by atoms with E-state index in [-0.39, 0.29) is 11.7 Å². The molecule has 1 aliphatic rings. The highest BCUT2D eigenvalue weighted by molar-refractivity contribution is 8.13. The lowest BCUT2D eigenvalue weighted by Gasteiger charge is -2.01. The van der Waals surface area contributed by atoms with Crippen LogP contribution in [-0.2, 0) is 10.5 Å². The minimum Gasteiger partial charge on any atom is -0.300 e. The van der Waals surface area contributed by atoms with Crippen LogP contribution in [0.1, 0.15) is 11.1 Å². The van der Waals surface area contributed by atoms with Crippen LogP contribution in [-0.4, -0.2) is 25.8 Å². The van der Waals surface area contributed by atoms with Crippen molar-refractivity contribution >= 4 is 28.9 Å². The molecule has 6 nitrogen and oxygen atoms in total. The molecule has 4 rings (SSSR count). The summed E-state index contributed by atoms with van der Waals surface area (Å²) in [5.74, 6) is 0.0894. The fourth-order valence-electron chi connectivity index (χ4n) is 2.47. The van der Waals surface area contributed by atoms with Gasteiger partial charge in [0.1, 0.15) is 24.2 Å². The summed E-state index contributed by atoms with van der Waals surface area (Å²) in [5, 5.41) is 7.36. The molecule has 0 aliphatic carbocycles. The van der Waals surface area contributed by atoms with Gasteiger partial charge in [0.25, 0.3) is 5.91 Å². The largest absolute Gasteiger partial charge is 0.300 e. The summed E-state index contributed by atoms with van der Waals surface area (Å²) in [5.41, 5.74) is 3.05. The quantitative estimate of drug-likeness (QED) is 0.707. The fourth-order valence-corrected chi connectivity index (χ4v) is 3.29. The number of aliphatic imine (C=N–C) groups is 1. The second-order valence-electron chi connectivity index (χ2n) is 5.75. The highest BCUT2D eigenvalue weighted by Gasteiger charge is 2.20. The van der Waals surface area contributed by atoms with Gasteiger partial charge in [0, 0.05) is 5.75 Å². The summed E-state index contributed by atoms with van der Waals surface area (Å²) >= 11 is 1.40. The first-order chi connectivity index (χ1) is 13.2. The Balaban J connectivity index is 1.44. The highest BCUT2D eigenvalue weighted by Crippen LogP contribution is 2.20. The van der Waals surface area contributed by atoms with Crippen LogP contribution in [0.2, 0.25) is 0 Å². The maximum Gasteiger partial charge on any atom is 0.275 e. The molecular weight excluding hydrogens is 365 g/mol. The van der Waals surface area contributed by atoms with Crippen LogP contribution in [0.4, 0.5) is 4.39 Å². The Hall–Kier alpha value is -3.26. The van der Waals surface area contributed by atoms with Crippen LogP contribution in [0.15, 0.2) is 71.9 Å². The van der Waals surface area contributed by atoms with Crippen LogP contribution in [0.5, 0.6) is 0 Å². The van der Waals surface area contributed by atoms with Crippen LogP contribution in [0.25, 0.3) is 11.8 Å². The van der Waals surface area contributed by atoms with Crippen molar-refractivity contribution in [2.75, 3.05) is 0 Å². The number of nitrogens with one attached hydrogen (secondary N) is 1. The maximum atomic E-state index is 12.9. The van der Waals surface area contributed by atoms with E-state index in [0.29, 0.717) is 16.6 Å². The fraction of sp³-hybridized carbons (Fsp3) is 0.0526. The zero-order valence-corrected chi connectivity index (χ0v) is 14.9. The Bertz CT molecular complexity index is 1010. The molecule has 0 saturated heterocycles. The van der Waals surface area contributed by atoms with Gasteiger partial charge < -0.3 is 0 Å². The van der Waals surface area contributed by atoms with Gasteiger partial charge >= 0.3 is 0 Å². The third-order valence-electron chi connectivity index (χ3n) is 3.84. The van der Waals surface area contributed by atoms with Crippen molar-refractivity contribution in [3.05, 3.63) is 83.8 Å². The Morgan fingerprint density at radius 2 is 1.89 bits per heavy atom. The van der Waals surface area contributed by atoms with Gasteiger partial charge in [-0.05, 0) is 41.5 Å². The molecule has 27 heavy (non-hydrogen) atoms. The summed E-state index contributed by atoms with van der Waals surface area (Å²) in [6.07, 6.45) is 4.82.